The molecule has 2 aromatic rings. The second-order valence-corrected chi connectivity index (χ2v) is 4.79. The van der Waals surface area contributed by atoms with Crippen LogP contribution in [0, 0.1) is 0 Å². The van der Waals surface area contributed by atoms with Gasteiger partial charge in [0.1, 0.15) is 0 Å². The predicted octanol–water partition coefficient (Wildman–Crippen LogP) is 2.26. The van der Waals surface area contributed by atoms with Crippen LogP contribution in [0.2, 0.25) is 0 Å². The van der Waals surface area contributed by atoms with Gasteiger partial charge < -0.3 is 10.1 Å². The van der Waals surface area contributed by atoms with Gasteiger partial charge in [-0.05, 0) is 17.7 Å². The van der Waals surface area contributed by atoms with E-state index >= 15 is 0 Å². The topological polar surface area (TPSA) is 64.1 Å². The Hall–Kier alpha value is -1.95. The fourth-order valence-corrected chi connectivity index (χ4v) is 2.26. The summed E-state index contributed by atoms with van der Waals surface area (Å²) in [7, 11) is 1.39. The lowest BCUT2D eigenvalue weighted by atomic mass is 10.2. The number of aromatic nitrogens is 2. The van der Waals surface area contributed by atoms with Gasteiger partial charge in [0.15, 0.2) is 5.13 Å². The van der Waals surface area contributed by atoms with E-state index in [2.05, 4.69) is 20.0 Å². The molecule has 0 saturated heterocycles. The summed E-state index contributed by atoms with van der Waals surface area (Å²) in [4.78, 5) is 19.4. The number of carbonyl (C=O) groups excluding carboxylic acids is 1. The molecular weight excluding hydrogens is 262 g/mol. The minimum atomic E-state index is -0.209. The van der Waals surface area contributed by atoms with Crippen LogP contribution in [0.15, 0.2) is 29.9 Å². The first-order chi connectivity index (χ1) is 9.28. The van der Waals surface area contributed by atoms with Gasteiger partial charge in [0.25, 0.3) is 0 Å². The van der Waals surface area contributed by atoms with Gasteiger partial charge in [-0.3, -0.25) is 9.78 Å². The normalized spacial score (nSPS) is 10.2. The van der Waals surface area contributed by atoms with Crippen molar-refractivity contribution in [3.63, 3.8) is 0 Å². The molecule has 2 aromatic heterocycles. The van der Waals surface area contributed by atoms with Crippen molar-refractivity contribution in [2.24, 2.45) is 0 Å². The van der Waals surface area contributed by atoms with E-state index < -0.39 is 0 Å². The quantitative estimate of drug-likeness (QED) is 0.820. The molecule has 0 unspecified atom stereocenters. The first-order valence-corrected chi connectivity index (χ1v) is 6.80. The first-order valence-electron chi connectivity index (χ1n) is 5.92. The number of esters is 1. The van der Waals surface area contributed by atoms with Gasteiger partial charge in [-0.1, -0.05) is 0 Å². The van der Waals surface area contributed by atoms with Gasteiger partial charge >= 0.3 is 5.97 Å². The second-order valence-electron chi connectivity index (χ2n) is 3.93. The Bertz CT molecular complexity index is 528. The third-order valence-corrected chi connectivity index (χ3v) is 3.41. The summed E-state index contributed by atoms with van der Waals surface area (Å²) >= 11 is 1.54. The fraction of sp³-hybridized carbons (Fsp3) is 0.308. The number of aryl methyl sites for hydroxylation is 1. The Morgan fingerprint density at radius 1 is 1.42 bits per heavy atom. The maximum atomic E-state index is 11.0. The van der Waals surface area contributed by atoms with E-state index in [0.29, 0.717) is 19.4 Å². The Morgan fingerprint density at radius 2 is 2.21 bits per heavy atom. The Morgan fingerprint density at radius 3 is 2.95 bits per heavy atom. The van der Waals surface area contributed by atoms with Crippen LogP contribution >= 0.6 is 11.3 Å². The number of pyridine rings is 1. The van der Waals surface area contributed by atoms with Gasteiger partial charge in [-0.2, -0.15) is 0 Å². The standard InChI is InChI=1S/C13H15N3O2S/c1-18-12(17)3-2-11-9-19-13(16-11)15-8-10-4-6-14-7-5-10/h4-7,9H,2-3,8H2,1H3,(H,15,16). The molecule has 19 heavy (non-hydrogen) atoms. The van der Waals surface area contributed by atoms with Crippen molar-refractivity contribution in [3.8, 4) is 0 Å². The SMILES string of the molecule is COC(=O)CCc1csc(NCc2ccncc2)n1. The van der Waals surface area contributed by atoms with E-state index in [1.165, 1.54) is 18.4 Å². The van der Waals surface area contributed by atoms with Crippen molar-refractivity contribution in [1.82, 2.24) is 9.97 Å². The summed E-state index contributed by atoms with van der Waals surface area (Å²) in [6.45, 7) is 0.715. The molecule has 100 valence electrons. The van der Waals surface area contributed by atoms with Crippen LogP contribution in [0.3, 0.4) is 0 Å². The van der Waals surface area contributed by atoms with Crippen LogP contribution in [-0.4, -0.2) is 23.0 Å². The highest BCUT2D eigenvalue weighted by molar-refractivity contribution is 7.13. The lowest BCUT2D eigenvalue weighted by molar-refractivity contribution is -0.140. The molecule has 0 aliphatic rings. The van der Waals surface area contributed by atoms with Gasteiger partial charge in [0, 0.05) is 30.7 Å². The van der Waals surface area contributed by atoms with Crippen molar-refractivity contribution >= 4 is 22.4 Å². The van der Waals surface area contributed by atoms with Crippen LogP contribution in [0.4, 0.5) is 5.13 Å². The molecule has 0 aromatic carbocycles. The number of nitrogens with one attached hydrogen (secondary N) is 1. The van der Waals surface area contributed by atoms with Crippen LogP contribution in [0.25, 0.3) is 0 Å². The molecule has 2 rings (SSSR count). The van der Waals surface area contributed by atoms with E-state index in [1.807, 2.05) is 17.5 Å². The molecule has 0 bridgehead atoms. The Labute approximate surface area is 115 Å². The van der Waals surface area contributed by atoms with Gasteiger partial charge in [0.2, 0.25) is 0 Å². The second kappa shape index (κ2) is 6.84. The molecule has 2 heterocycles. The van der Waals surface area contributed by atoms with Crippen molar-refractivity contribution in [3.05, 3.63) is 41.2 Å². The smallest absolute Gasteiger partial charge is 0.305 e. The van der Waals surface area contributed by atoms with E-state index in [0.717, 1.165) is 16.4 Å². The molecule has 0 amide bonds. The highest BCUT2D eigenvalue weighted by Gasteiger charge is 2.05. The number of hydrogen-bond donors (Lipinski definition) is 1. The number of methoxy groups -OCH3 is 1. The third kappa shape index (κ3) is 4.33. The number of nitrogens with zero attached hydrogens (tertiary/aromatic N) is 2. The van der Waals surface area contributed by atoms with Crippen molar-refractivity contribution in [1.29, 1.82) is 0 Å². The number of thiazole rings is 1. The van der Waals surface area contributed by atoms with Crippen LogP contribution < -0.4 is 5.32 Å². The van der Waals surface area contributed by atoms with Gasteiger partial charge in [0.05, 0.1) is 19.2 Å². The highest BCUT2D eigenvalue weighted by Crippen LogP contribution is 2.17. The summed E-state index contributed by atoms with van der Waals surface area (Å²) in [5.74, 6) is -0.209. The van der Waals surface area contributed by atoms with Gasteiger partial charge in [-0.25, -0.2) is 4.98 Å². The Kier molecular flexibility index (Phi) is 4.85. The van der Waals surface area contributed by atoms with E-state index in [9.17, 15) is 4.79 Å². The molecule has 1 N–H and O–H groups in total. The molecule has 6 heteroatoms. The number of rotatable bonds is 6. The van der Waals surface area contributed by atoms with Crippen LogP contribution in [0.1, 0.15) is 17.7 Å². The zero-order valence-electron chi connectivity index (χ0n) is 10.6. The molecule has 5 nitrogen and oxygen atoms in total. The largest absolute Gasteiger partial charge is 0.469 e. The lowest BCUT2D eigenvalue weighted by Crippen LogP contribution is -2.02. The number of carbonyl (C=O) groups is 1. The van der Waals surface area contributed by atoms with E-state index in [4.69, 9.17) is 0 Å². The minimum absolute atomic E-state index is 0.209. The summed E-state index contributed by atoms with van der Waals surface area (Å²) in [6, 6.07) is 3.91. The molecule has 0 radical (unpaired) electrons. The predicted molar refractivity (Wildman–Crippen MR) is 74.0 cm³/mol. The lowest BCUT2D eigenvalue weighted by Gasteiger charge is -2.01. The number of ether oxygens (including phenoxy) is 1. The first kappa shape index (κ1) is 13.5. The van der Waals surface area contributed by atoms with Crippen LogP contribution in [0.5, 0.6) is 0 Å². The van der Waals surface area contributed by atoms with Crippen molar-refractivity contribution in [2.75, 3.05) is 12.4 Å². The molecular formula is C13H15N3O2S. The van der Waals surface area contributed by atoms with Crippen LogP contribution in [-0.2, 0) is 22.5 Å². The molecule has 0 fully saturated rings. The van der Waals surface area contributed by atoms with Crippen molar-refractivity contribution in [2.45, 2.75) is 19.4 Å². The summed E-state index contributed by atoms with van der Waals surface area (Å²) in [6.07, 6.45) is 4.51. The minimum Gasteiger partial charge on any atom is -0.469 e. The van der Waals surface area contributed by atoms with E-state index in [1.54, 1.807) is 12.4 Å². The fourth-order valence-electron chi connectivity index (χ4n) is 1.51. The summed E-state index contributed by atoms with van der Waals surface area (Å²) in [5, 5.41) is 6.06. The molecule has 0 spiro atoms. The maximum Gasteiger partial charge on any atom is 0.305 e. The number of anilines is 1. The van der Waals surface area contributed by atoms with Crippen molar-refractivity contribution < 1.29 is 9.53 Å². The highest BCUT2D eigenvalue weighted by atomic mass is 32.1. The average molecular weight is 277 g/mol. The third-order valence-electron chi connectivity index (χ3n) is 2.56. The Balaban J connectivity index is 1.82. The zero-order valence-corrected chi connectivity index (χ0v) is 11.4. The summed E-state index contributed by atoms with van der Waals surface area (Å²) in [5.41, 5.74) is 2.06. The molecule has 0 saturated carbocycles. The summed E-state index contributed by atoms with van der Waals surface area (Å²) < 4.78 is 4.60. The molecule has 0 atom stereocenters. The van der Waals surface area contributed by atoms with E-state index in [-0.39, 0.29) is 5.97 Å². The maximum absolute atomic E-state index is 11.0. The van der Waals surface area contributed by atoms with Gasteiger partial charge in [-0.15, -0.1) is 11.3 Å². The molecule has 0 aliphatic carbocycles. The monoisotopic (exact) mass is 277 g/mol. The number of hydrogen-bond acceptors (Lipinski definition) is 6. The molecule has 0 aliphatic heterocycles. The zero-order chi connectivity index (χ0) is 13.5. The average Bonchev–Trinajstić information content (AvgIpc) is 2.91.